The normalized spacial score (nSPS) is 14.9. The van der Waals surface area contributed by atoms with E-state index in [1.54, 1.807) is 26.4 Å². The Morgan fingerprint density at radius 3 is 2.41 bits per heavy atom. The van der Waals surface area contributed by atoms with Gasteiger partial charge in [0.2, 0.25) is 10.0 Å². The fraction of sp³-hybridized carbons (Fsp3) is 0.412. The molecular weight excluding hydrogens is 372 g/mol. The summed E-state index contributed by atoms with van der Waals surface area (Å²) in [7, 11) is 2.39. The van der Waals surface area contributed by atoms with Crippen LogP contribution in [0.25, 0.3) is 0 Å². The van der Waals surface area contributed by atoms with Gasteiger partial charge in [-0.3, -0.25) is 4.79 Å². The van der Waals surface area contributed by atoms with Gasteiger partial charge in [0.25, 0.3) is 5.56 Å². The molecule has 27 heavy (non-hydrogen) atoms. The molecule has 9 nitrogen and oxygen atoms in total. The maximum atomic E-state index is 12.9. The van der Waals surface area contributed by atoms with Crippen molar-refractivity contribution in [1.82, 2.24) is 14.1 Å². The molecule has 0 atom stereocenters. The number of sulfonamides is 1. The minimum absolute atomic E-state index is 0.136. The molecule has 0 amide bonds. The first-order valence-electron chi connectivity index (χ1n) is 8.26. The molecule has 1 aromatic carbocycles. The summed E-state index contributed by atoms with van der Waals surface area (Å²) in [6.07, 6.45) is 1.60. The number of aromatic nitrogens is 2. The van der Waals surface area contributed by atoms with Gasteiger partial charge in [0.05, 0.1) is 37.0 Å². The molecule has 0 radical (unpaired) electrons. The molecule has 2 heterocycles. The monoisotopic (exact) mass is 394 g/mol. The summed E-state index contributed by atoms with van der Waals surface area (Å²) in [5, 5.41) is 3.99. The van der Waals surface area contributed by atoms with Gasteiger partial charge < -0.3 is 14.4 Å². The number of methoxy groups -OCH3 is 2. The second-order valence-corrected chi connectivity index (χ2v) is 8.27. The van der Waals surface area contributed by atoms with Gasteiger partial charge in [0, 0.05) is 39.3 Å². The summed E-state index contributed by atoms with van der Waals surface area (Å²) >= 11 is 0. The third kappa shape index (κ3) is 3.50. The molecular formula is C17H22N4O5S. The van der Waals surface area contributed by atoms with Crippen LogP contribution in [-0.4, -0.2) is 62.9 Å². The average Bonchev–Trinajstić information content (AvgIpc) is 2.62. The fourth-order valence-electron chi connectivity index (χ4n) is 2.87. The van der Waals surface area contributed by atoms with Crippen molar-refractivity contribution in [3.8, 4) is 11.5 Å². The largest absolute Gasteiger partial charge is 0.493 e. The van der Waals surface area contributed by atoms with E-state index in [0.29, 0.717) is 30.3 Å². The van der Waals surface area contributed by atoms with Gasteiger partial charge in [0.1, 0.15) is 0 Å². The van der Waals surface area contributed by atoms with E-state index in [2.05, 4.69) is 5.10 Å². The molecule has 1 aliphatic heterocycles. The van der Waals surface area contributed by atoms with Gasteiger partial charge in [-0.1, -0.05) is 0 Å². The third-order valence-corrected chi connectivity index (χ3v) is 6.63. The first kappa shape index (κ1) is 19.2. The van der Waals surface area contributed by atoms with E-state index >= 15 is 0 Å². The van der Waals surface area contributed by atoms with Crippen molar-refractivity contribution in [2.24, 2.45) is 7.05 Å². The Bertz CT molecular complexity index is 999. The van der Waals surface area contributed by atoms with Crippen LogP contribution in [0.2, 0.25) is 0 Å². The van der Waals surface area contributed by atoms with Crippen molar-refractivity contribution in [2.45, 2.75) is 10.9 Å². The number of anilines is 1. The zero-order valence-corrected chi connectivity index (χ0v) is 16.4. The van der Waals surface area contributed by atoms with Crippen LogP contribution in [0.4, 0.5) is 5.69 Å². The van der Waals surface area contributed by atoms with E-state index in [4.69, 9.17) is 9.47 Å². The number of ether oxygens (including phenoxy) is 2. The van der Waals surface area contributed by atoms with Crippen LogP contribution in [0.3, 0.4) is 0 Å². The number of hydrogen-bond donors (Lipinski definition) is 0. The predicted octanol–water partition coefficient (Wildman–Crippen LogP) is 0.307. The van der Waals surface area contributed by atoms with Crippen molar-refractivity contribution in [1.29, 1.82) is 0 Å². The van der Waals surface area contributed by atoms with Crippen LogP contribution in [0, 0.1) is 0 Å². The minimum Gasteiger partial charge on any atom is -0.493 e. The number of rotatable bonds is 6. The molecule has 0 saturated carbocycles. The van der Waals surface area contributed by atoms with Crippen LogP contribution in [0.15, 0.2) is 40.2 Å². The Kier molecular flexibility index (Phi) is 5.11. The smallest absolute Gasteiger partial charge is 0.268 e. The van der Waals surface area contributed by atoms with E-state index in [9.17, 15) is 13.2 Å². The van der Waals surface area contributed by atoms with Crippen LogP contribution in [0.5, 0.6) is 11.5 Å². The van der Waals surface area contributed by atoms with Crippen molar-refractivity contribution in [2.75, 3.05) is 39.3 Å². The lowest BCUT2D eigenvalue weighted by Crippen LogP contribution is -2.60. The molecule has 2 aromatic rings. The molecule has 0 unspecified atom stereocenters. The van der Waals surface area contributed by atoms with Gasteiger partial charge in [-0.25, -0.2) is 13.1 Å². The highest BCUT2D eigenvalue weighted by molar-refractivity contribution is 7.89. The summed E-state index contributed by atoms with van der Waals surface area (Å²) in [4.78, 5) is 13.8. The van der Waals surface area contributed by atoms with Crippen molar-refractivity contribution >= 4 is 15.7 Å². The summed E-state index contributed by atoms with van der Waals surface area (Å²) in [5.41, 5.74) is 0.480. The molecule has 146 valence electrons. The number of hydrogen-bond acceptors (Lipinski definition) is 7. The number of benzene rings is 1. The van der Waals surface area contributed by atoms with E-state index in [1.165, 1.54) is 41.4 Å². The fourth-order valence-corrected chi connectivity index (χ4v) is 4.22. The Hall–Kier alpha value is -2.59. The summed E-state index contributed by atoms with van der Waals surface area (Å²) < 4.78 is 38.8. The van der Waals surface area contributed by atoms with Crippen LogP contribution in [0.1, 0.15) is 0 Å². The van der Waals surface area contributed by atoms with Crippen LogP contribution in [-0.2, 0) is 17.1 Å². The Balaban J connectivity index is 1.75. The van der Waals surface area contributed by atoms with Gasteiger partial charge in [0.15, 0.2) is 11.5 Å². The standard InChI is InChI=1S/C17H22N4O5S/c1-19-17(22)7-12(9-18-19)21-10-13(11-21)20(2)27(23,24)14-5-6-15(25-3)16(8-14)26-4/h5-9,13H,10-11H2,1-4H3. The van der Waals surface area contributed by atoms with E-state index in [-0.39, 0.29) is 16.5 Å². The van der Waals surface area contributed by atoms with Gasteiger partial charge in [-0.05, 0) is 12.1 Å². The van der Waals surface area contributed by atoms with Crippen LogP contribution < -0.4 is 19.9 Å². The lowest BCUT2D eigenvalue weighted by atomic mass is 10.1. The summed E-state index contributed by atoms with van der Waals surface area (Å²) in [6.45, 7) is 0.968. The molecule has 0 spiro atoms. The van der Waals surface area contributed by atoms with Crippen molar-refractivity contribution in [3.63, 3.8) is 0 Å². The van der Waals surface area contributed by atoms with Gasteiger partial charge >= 0.3 is 0 Å². The highest BCUT2D eigenvalue weighted by Gasteiger charge is 2.37. The lowest BCUT2D eigenvalue weighted by Gasteiger charge is -2.44. The molecule has 1 fully saturated rings. The molecule has 1 saturated heterocycles. The first-order chi connectivity index (χ1) is 12.8. The molecule has 3 rings (SSSR count). The molecule has 1 aliphatic rings. The Morgan fingerprint density at radius 1 is 1.15 bits per heavy atom. The van der Waals surface area contributed by atoms with Crippen molar-refractivity contribution < 1.29 is 17.9 Å². The number of likely N-dealkylation sites (N-methyl/N-ethyl adjacent to an activating group) is 1. The number of aryl methyl sites for hydroxylation is 1. The second kappa shape index (κ2) is 7.20. The second-order valence-electron chi connectivity index (χ2n) is 6.27. The molecule has 1 aromatic heterocycles. The Morgan fingerprint density at radius 2 is 1.81 bits per heavy atom. The molecule has 0 aliphatic carbocycles. The lowest BCUT2D eigenvalue weighted by molar-refractivity contribution is 0.310. The Labute approximate surface area is 157 Å². The molecule has 0 bridgehead atoms. The van der Waals surface area contributed by atoms with Gasteiger partial charge in [-0.15, -0.1) is 0 Å². The highest BCUT2D eigenvalue weighted by atomic mass is 32.2. The van der Waals surface area contributed by atoms with Gasteiger partial charge in [-0.2, -0.15) is 9.40 Å². The summed E-state index contributed by atoms with van der Waals surface area (Å²) in [5.74, 6) is 0.820. The maximum Gasteiger partial charge on any atom is 0.268 e. The highest BCUT2D eigenvalue weighted by Crippen LogP contribution is 2.32. The van der Waals surface area contributed by atoms with Crippen molar-refractivity contribution in [3.05, 3.63) is 40.8 Å². The van der Waals surface area contributed by atoms with E-state index in [1.807, 2.05) is 4.90 Å². The molecule has 0 N–H and O–H groups in total. The van der Waals surface area contributed by atoms with E-state index < -0.39 is 10.0 Å². The SMILES string of the molecule is COc1ccc(S(=O)(=O)N(C)C2CN(c3cnn(C)c(=O)c3)C2)cc1OC. The van der Waals surface area contributed by atoms with Crippen LogP contribution >= 0.6 is 0 Å². The van der Waals surface area contributed by atoms with E-state index in [0.717, 1.165) is 0 Å². The average molecular weight is 394 g/mol. The maximum absolute atomic E-state index is 12.9. The third-order valence-electron chi connectivity index (χ3n) is 4.73. The summed E-state index contributed by atoms with van der Waals surface area (Å²) in [6, 6.07) is 5.80. The topological polar surface area (TPSA) is 94.0 Å². The zero-order chi connectivity index (χ0) is 19.8. The zero-order valence-electron chi connectivity index (χ0n) is 15.6. The quantitative estimate of drug-likeness (QED) is 0.696. The minimum atomic E-state index is -3.69. The molecule has 10 heteroatoms. The first-order valence-corrected chi connectivity index (χ1v) is 9.70. The predicted molar refractivity (Wildman–Crippen MR) is 100.0 cm³/mol. The number of nitrogens with zero attached hydrogens (tertiary/aromatic N) is 4.